The summed E-state index contributed by atoms with van der Waals surface area (Å²) in [6.07, 6.45) is 5.33. The second-order valence-corrected chi connectivity index (χ2v) is 8.25. The Kier molecular flexibility index (Phi) is 4.80. The minimum Gasteiger partial charge on any atom is -0.341 e. The maximum atomic E-state index is 12.8. The molecule has 3 aromatic rings. The van der Waals surface area contributed by atoms with Crippen molar-refractivity contribution >= 4 is 16.9 Å². The summed E-state index contributed by atoms with van der Waals surface area (Å²) in [4.78, 5) is 42.5. The smallest absolute Gasteiger partial charge is 0.341 e. The number of para-hydroxylation sites is 2. The third-order valence-electron chi connectivity index (χ3n) is 6.37. The minimum atomic E-state index is -0.180. The first-order valence-electron chi connectivity index (χ1n) is 10.8. The highest BCUT2D eigenvalue weighted by Gasteiger charge is 2.27. The predicted molar refractivity (Wildman–Crippen MR) is 111 cm³/mol. The lowest BCUT2D eigenvalue weighted by Gasteiger charge is -2.32. The van der Waals surface area contributed by atoms with Crippen LogP contribution in [0, 0.1) is 0 Å². The molecule has 0 atom stereocenters. The summed E-state index contributed by atoms with van der Waals surface area (Å²) >= 11 is 0. The number of H-pyrrole nitrogens is 1. The number of hydrogen-bond acceptors (Lipinski definition) is 4. The first-order valence-corrected chi connectivity index (χ1v) is 10.8. The molecule has 4 heterocycles. The molecular formula is C21H26N6O3. The molecule has 1 N–H and O–H groups in total. The van der Waals surface area contributed by atoms with Gasteiger partial charge in [0.15, 0.2) is 0 Å². The molecule has 1 saturated heterocycles. The second kappa shape index (κ2) is 7.62. The van der Waals surface area contributed by atoms with E-state index in [1.807, 2.05) is 28.8 Å². The van der Waals surface area contributed by atoms with Gasteiger partial charge in [0, 0.05) is 32.1 Å². The summed E-state index contributed by atoms with van der Waals surface area (Å²) in [5, 5.41) is 4.42. The molecule has 0 saturated carbocycles. The van der Waals surface area contributed by atoms with Gasteiger partial charge in [-0.05, 0) is 37.8 Å². The van der Waals surface area contributed by atoms with Crippen molar-refractivity contribution in [3.8, 4) is 0 Å². The molecule has 2 aliphatic rings. The van der Waals surface area contributed by atoms with Gasteiger partial charge in [0.2, 0.25) is 5.91 Å². The quantitative estimate of drug-likeness (QED) is 0.703. The van der Waals surface area contributed by atoms with Gasteiger partial charge in [-0.2, -0.15) is 5.10 Å². The standard InChI is InChI=1S/C21H26N6O3/c28-19(14-26-21(30)25-11-5-1-2-8-18(25)23-26)24-12-9-15(10-13-24)27-17-7-4-3-6-16(17)22-20(27)29/h3-4,6-7,15H,1-2,5,8-14H2,(H,22,29). The van der Waals surface area contributed by atoms with Gasteiger partial charge < -0.3 is 9.88 Å². The Balaban J connectivity index is 1.27. The van der Waals surface area contributed by atoms with Crippen LogP contribution in [0.4, 0.5) is 0 Å². The van der Waals surface area contributed by atoms with E-state index in [0.717, 1.165) is 42.5 Å². The molecule has 0 aliphatic carbocycles. The fourth-order valence-electron chi connectivity index (χ4n) is 4.77. The van der Waals surface area contributed by atoms with Gasteiger partial charge >= 0.3 is 11.4 Å². The molecule has 1 fully saturated rings. The number of carbonyl (C=O) groups excluding carboxylic acids is 1. The molecule has 0 radical (unpaired) electrons. The average Bonchev–Trinajstić information content (AvgIpc) is 3.12. The van der Waals surface area contributed by atoms with Crippen molar-refractivity contribution in [3.63, 3.8) is 0 Å². The number of aryl methyl sites for hydroxylation is 1. The third-order valence-corrected chi connectivity index (χ3v) is 6.37. The number of imidazole rings is 1. The van der Waals surface area contributed by atoms with E-state index in [1.54, 1.807) is 9.47 Å². The number of likely N-dealkylation sites (tertiary alicyclic amines) is 1. The number of aromatic amines is 1. The highest BCUT2D eigenvalue weighted by atomic mass is 16.2. The highest BCUT2D eigenvalue weighted by molar-refractivity contribution is 5.76. The zero-order chi connectivity index (χ0) is 20.7. The van der Waals surface area contributed by atoms with Crippen LogP contribution >= 0.6 is 0 Å². The zero-order valence-electron chi connectivity index (χ0n) is 16.9. The lowest BCUT2D eigenvalue weighted by molar-refractivity contribution is -0.133. The maximum Gasteiger partial charge on any atom is 0.346 e. The van der Waals surface area contributed by atoms with Crippen LogP contribution in [0.1, 0.15) is 44.0 Å². The Labute approximate surface area is 172 Å². The second-order valence-electron chi connectivity index (χ2n) is 8.25. The summed E-state index contributed by atoms with van der Waals surface area (Å²) in [5.41, 5.74) is 1.45. The molecule has 5 rings (SSSR count). The monoisotopic (exact) mass is 410 g/mol. The average molecular weight is 410 g/mol. The highest BCUT2D eigenvalue weighted by Crippen LogP contribution is 2.25. The summed E-state index contributed by atoms with van der Waals surface area (Å²) in [6.45, 7) is 1.80. The Morgan fingerprint density at radius 3 is 2.70 bits per heavy atom. The fourth-order valence-corrected chi connectivity index (χ4v) is 4.77. The molecule has 2 aliphatic heterocycles. The molecule has 0 bridgehead atoms. The maximum absolute atomic E-state index is 12.8. The van der Waals surface area contributed by atoms with Crippen molar-refractivity contribution in [2.45, 2.75) is 57.7 Å². The van der Waals surface area contributed by atoms with Gasteiger partial charge in [-0.1, -0.05) is 18.6 Å². The molecule has 1 aromatic carbocycles. The van der Waals surface area contributed by atoms with E-state index >= 15 is 0 Å². The minimum absolute atomic E-state index is 0.0173. The lowest BCUT2D eigenvalue weighted by atomic mass is 10.0. The first-order chi connectivity index (χ1) is 14.6. The van der Waals surface area contributed by atoms with Crippen molar-refractivity contribution in [2.75, 3.05) is 13.1 Å². The van der Waals surface area contributed by atoms with Gasteiger partial charge in [-0.25, -0.2) is 14.3 Å². The normalized spacial score (nSPS) is 17.8. The zero-order valence-corrected chi connectivity index (χ0v) is 16.9. The largest absolute Gasteiger partial charge is 0.346 e. The fraction of sp³-hybridized carbons (Fsp3) is 0.524. The van der Waals surface area contributed by atoms with Crippen LogP contribution in [0.25, 0.3) is 11.0 Å². The van der Waals surface area contributed by atoms with E-state index in [-0.39, 0.29) is 29.9 Å². The number of rotatable bonds is 3. The molecular weight excluding hydrogens is 384 g/mol. The molecule has 2 aromatic heterocycles. The summed E-state index contributed by atoms with van der Waals surface area (Å²) in [6, 6.07) is 7.73. The van der Waals surface area contributed by atoms with Crippen LogP contribution in [0.5, 0.6) is 0 Å². The Morgan fingerprint density at radius 1 is 1.07 bits per heavy atom. The van der Waals surface area contributed by atoms with Gasteiger partial charge in [0.25, 0.3) is 0 Å². The topological polar surface area (TPSA) is 97.9 Å². The predicted octanol–water partition coefficient (Wildman–Crippen LogP) is 1.28. The molecule has 9 nitrogen and oxygen atoms in total. The van der Waals surface area contributed by atoms with Crippen molar-refractivity contribution in [2.24, 2.45) is 0 Å². The third kappa shape index (κ3) is 3.28. The number of fused-ring (bicyclic) bond motifs is 2. The number of amides is 1. The number of piperidine rings is 1. The van der Waals surface area contributed by atoms with Crippen LogP contribution in [-0.2, 0) is 24.3 Å². The summed E-state index contributed by atoms with van der Waals surface area (Å²) in [5.74, 6) is 0.706. The van der Waals surface area contributed by atoms with Gasteiger partial charge in [-0.3, -0.25) is 13.9 Å². The van der Waals surface area contributed by atoms with Crippen molar-refractivity contribution in [1.29, 1.82) is 0 Å². The van der Waals surface area contributed by atoms with E-state index < -0.39 is 0 Å². The number of nitrogens with one attached hydrogen (secondary N) is 1. The number of hydrogen-bond donors (Lipinski definition) is 1. The van der Waals surface area contributed by atoms with E-state index in [0.29, 0.717) is 32.5 Å². The van der Waals surface area contributed by atoms with Crippen LogP contribution in [0.2, 0.25) is 0 Å². The van der Waals surface area contributed by atoms with E-state index in [1.165, 1.54) is 4.68 Å². The van der Waals surface area contributed by atoms with Crippen LogP contribution < -0.4 is 11.4 Å². The van der Waals surface area contributed by atoms with E-state index in [2.05, 4.69) is 10.1 Å². The molecule has 0 spiro atoms. The number of aromatic nitrogens is 5. The number of carbonyl (C=O) groups is 1. The number of benzene rings is 1. The SMILES string of the molecule is O=C(Cn1nc2n(c1=O)CCCCC2)N1CCC(n2c(=O)[nH]c3ccccc32)CC1. The Morgan fingerprint density at radius 2 is 1.87 bits per heavy atom. The van der Waals surface area contributed by atoms with Crippen LogP contribution in [0.15, 0.2) is 33.9 Å². The van der Waals surface area contributed by atoms with Gasteiger partial charge in [0.05, 0.1) is 11.0 Å². The van der Waals surface area contributed by atoms with Crippen molar-refractivity contribution < 1.29 is 4.79 Å². The number of nitrogens with zero attached hydrogens (tertiary/aromatic N) is 5. The van der Waals surface area contributed by atoms with Gasteiger partial charge in [0.1, 0.15) is 12.4 Å². The molecule has 0 unspecified atom stereocenters. The Bertz CT molecular complexity index is 1190. The van der Waals surface area contributed by atoms with Crippen LogP contribution in [-0.4, -0.2) is 47.8 Å². The lowest BCUT2D eigenvalue weighted by Crippen LogP contribution is -2.43. The summed E-state index contributed by atoms with van der Waals surface area (Å²) in [7, 11) is 0. The van der Waals surface area contributed by atoms with Crippen molar-refractivity contribution in [1.82, 2.24) is 28.8 Å². The first kappa shape index (κ1) is 18.9. The molecule has 1 amide bonds. The molecule has 158 valence electrons. The summed E-state index contributed by atoms with van der Waals surface area (Å²) < 4.78 is 4.85. The Hall–Kier alpha value is -3.10. The van der Waals surface area contributed by atoms with E-state index in [4.69, 9.17) is 0 Å². The molecule has 30 heavy (non-hydrogen) atoms. The molecule has 9 heteroatoms. The van der Waals surface area contributed by atoms with E-state index in [9.17, 15) is 14.4 Å². The van der Waals surface area contributed by atoms with Crippen molar-refractivity contribution in [3.05, 3.63) is 51.1 Å². The van der Waals surface area contributed by atoms with Gasteiger partial charge in [-0.15, -0.1) is 0 Å². The van der Waals surface area contributed by atoms with Crippen LogP contribution in [0.3, 0.4) is 0 Å².